The first-order valence-corrected chi connectivity index (χ1v) is 5.68. The number of phenolic OH excluding ortho intramolecular Hbond substituents is 1. The van der Waals surface area contributed by atoms with Crippen molar-refractivity contribution in [2.75, 3.05) is 0 Å². The molecular formula is C10H5Br2N2O+. The molecule has 0 aliphatic carbocycles. The quantitative estimate of drug-likeness (QED) is 0.721. The average molecular weight is 329 g/mol. The van der Waals surface area contributed by atoms with Crippen LogP contribution in [0.3, 0.4) is 0 Å². The number of diazo groups is 1. The Morgan fingerprint density at radius 1 is 1.20 bits per heavy atom. The zero-order valence-electron chi connectivity index (χ0n) is 7.41. The molecule has 74 valence electrons. The monoisotopic (exact) mass is 327 g/mol. The van der Waals surface area contributed by atoms with Crippen LogP contribution < -0.4 is 0 Å². The van der Waals surface area contributed by atoms with Crippen LogP contribution in [0, 0.1) is 5.39 Å². The topological polar surface area (TPSA) is 48.4 Å². The van der Waals surface area contributed by atoms with E-state index in [0.29, 0.717) is 5.39 Å². The van der Waals surface area contributed by atoms with Gasteiger partial charge in [0.25, 0.3) is 0 Å². The predicted molar refractivity (Wildman–Crippen MR) is 65.8 cm³/mol. The van der Waals surface area contributed by atoms with E-state index in [1.54, 1.807) is 6.07 Å². The van der Waals surface area contributed by atoms with E-state index in [4.69, 9.17) is 5.39 Å². The number of halogens is 2. The van der Waals surface area contributed by atoms with E-state index in [-0.39, 0.29) is 11.4 Å². The molecule has 0 aromatic heterocycles. The Morgan fingerprint density at radius 3 is 2.60 bits per heavy atom. The van der Waals surface area contributed by atoms with Crippen molar-refractivity contribution in [2.24, 2.45) is 0 Å². The maximum Gasteiger partial charge on any atom is 0.433 e. The Balaban J connectivity index is 3.05. The first kappa shape index (κ1) is 10.4. The zero-order chi connectivity index (χ0) is 11.0. The van der Waals surface area contributed by atoms with Gasteiger partial charge in [0.2, 0.25) is 11.1 Å². The molecule has 0 spiro atoms. The Morgan fingerprint density at radius 2 is 1.93 bits per heavy atom. The molecule has 0 heterocycles. The summed E-state index contributed by atoms with van der Waals surface area (Å²) in [5, 5.41) is 20.0. The van der Waals surface area contributed by atoms with Crippen molar-refractivity contribution in [1.29, 1.82) is 5.39 Å². The van der Waals surface area contributed by atoms with Gasteiger partial charge < -0.3 is 5.11 Å². The molecule has 0 aliphatic rings. The van der Waals surface area contributed by atoms with Crippen LogP contribution in [0.2, 0.25) is 0 Å². The lowest BCUT2D eigenvalue weighted by Crippen LogP contribution is -1.78. The molecule has 0 saturated carbocycles. The minimum atomic E-state index is -0.0602. The van der Waals surface area contributed by atoms with Gasteiger partial charge in [-0.25, -0.2) is 0 Å². The molecule has 3 nitrogen and oxygen atoms in total. The van der Waals surface area contributed by atoms with Crippen LogP contribution >= 0.6 is 31.9 Å². The molecule has 1 N–H and O–H groups in total. The number of hydrogen-bond donors (Lipinski definition) is 1. The van der Waals surface area contributed by atoms with Crippen molar-refractivity contribution >= 4 is 48.3 Å². The summed E-state index contributed by atoms with van der Waals surface area (Å²) in [4.78, 5) is 3.09. The smallest absolute Gasteiger partial charge is 0.433 e. The highest BCUT2D eigenvalue weighted by Gasteiger charge is 2.21. The van der Waals surface area contributed by atoms with Gasteiger partial charge in [0.1, 0.15) is 0 Å². The van der Waals surface area contributed by atoms with E-state index < -0.39 is 0 Å². The Labute approximate surface area is 103 Å². The molecule has 15 heavy (non-hydrogen) atoms. The second-order valence-electron chi connectivity index (χ2n) is 2.99. The molecular weight excluding hydrogens is 324 g/mol. The highest BCUT2D eigenvalue weighted by atomic mass is 79.9. The Kier molecular flexibility index (Phi) is 2.63. The fraction of sp³-hybridized carbons (Fsp3) is 0. The van der Waals surface area contributed by atoms with Crippen LogP contribution in [-0.4, -0.2) is 5.11 Å². The summed E-state index contributed by atoms with van der Waals surface area (Å²) in [6.07, 6.45) is 0. The van der Waals surface area contributed by atoms with E-state index in [1.807, 2.05) is 12.1 Å². The van der Waals surface area contributed by atoms with E-state index in [2.05, 4.69) is 36.8 Å². The number of hydrogen-bond acceptors (Lipinski definition) is 2. The zero-order valence-corrected chi connectivity index (χ0v) is 10.6. The highest BCUT2D eigenvalue weighted by molar-refractivity contribution is 9.11. The van der Waals surface area contributed by atoms with E-state index in [9.17, 15) is 5.11 Å². The molecule has 0 fully saturated rings. The molecule has 0 unspecified atom stereocenters. The third-order valence-corrected chi connectivity index (χ3v) is 3.40. The van der Waals surface area contributed by atoms with Crippen molar-refractivity contribution in [1.82, 2.24) is 0 Å². The molecule has 0 amide bonds. The largest absolute Gasteiger partial charge is 0.501 e. The molecule has 5 heteroatoms. The Hall–Kier alpha value is -1.12. The van der Waals surface area contributed by atoms with Gasteiger partial charge in [-0.1, -0.05) is 22.0 Å². The van der Waals surface area contributed by atoms with Gasteiger partial charge in [-0.05, 0) is 28.1 Å². The number of rotatable bonds is 0. The van der Waals surface area contributed by atoms with Crippen molar-refractivity contribution in [3.05, 3.63) is 38.2 Å². The second kappa shape index (κ2) is 3.80. The summed E-state index contributed by atoms with van der Waals surface area (Å²) in [5.74, 6) is -0.0602. The normalized spacial score (nSPS) is 10.2. The van der Waals surface area contributed by atoms with E-state index in [1.165, 1.54) is 6.07 Å². The fourth-order valence-corrected chi connectivity index (χ4v) is 2.96. The van der Waals surface area contributed by atoms with Crippen LogP contribution in [-0.2, 0) is 0 Å². The molecule has 0 radical (unpaired) electrons. The third-order valence-electron chi connectivity index (χ3n) is 2.11. The van der Waals surface area contributed by atoms with E-state index >= 15 is 0 Å². The van der Waals surface area contributed by atoms with Crippen molar-refractivity contribution in [3.63, 3.8) is 0 Å². The summed E-state index contributed by atoms with van der Waals surface area (Å²) in [6, 6.07) is 6.97. The second-order valence-corrected chi connectivity index (χ2v) is 4.70. The summed E-state index contributed by atoms with van der Waals surface area (Å²) >= 11 is 6.75. The molecule has 2 aromatic rings. The van der Waals surface area contributed by atoms with Crippen LogP contribution in [0.4, 0.5) is 5.69 Å². The lowest BCUT2D eigenvalue weighted by atomic mass is 10.1. The fourth-order valence-electron chi connectivity index (χ4n) is 1.47. The minimum Gasteiger partial charge on any atom is -0.501 e. The van der Waals surface area contributed by atoms with Gasteiger partial charge >= 0.3 is 5.69 Å². The molecule has 2 rings (SSSR count). The van der Waals surface area contributed by atoms with E-state index in [0.717, 1.165) is 14.3 Å². The minimum absolute atomic E-state index is 0.0602. The first-order chi connectivity index (χ1) is 7.15. The standard InChI is InChI=1S/C10H4Br2N2O/c11-6-3-1-2-5-9(6)7(12)4-8(15)10(5)14-13/h1-4H/p+1. The number of benzene rings is 2. The summed E-state index contributed by atoms with van der Waals surface area (Å²) in [6.45, 7) is 0. The van der Waals surface area contributed by atoms with Crippen LogP contribution in [0.5, 0.6) is 5.75 Å². The molecule has 2 aromatic carbocycles. The summed E-state index contributed by atoms with van der Waals surface area (Å²) in [7, 11) is 0. The van der Waals surface area contributed by atoms with Crippen LogP contribution in [0.15, 0.2) is 33.2 Å². The highest BCUT2D eigenvalue weighted by Crippen LogP contribution is 2.42. The van der Waals surface area contributed by atoms with Crippen molar-refractivity contribution < 1.29 is 5.11 Å². The Bertz CT molecular complexity index is 590. The molecule has 0 saturated heterocycles. The average Bonchev–Trinajstić information content (AvgIpc) is 2.17. The van der Waals surface area contributed by atoms with Gasteiger partial charge in [0.05, 0.1) is 5.39 Å². The summed E-state index contributed by atoms with van der Waals surface area (Å²) in [5.41, 5.74) is 0.175. The predicted octanol–water partition coefficient (Wildman–Crippen LogP) is 4.55. The summed E-state index contributed by atoms with van der Waals surface area (Å²) < 4.78 is 1.62. The van der Waals surface area contributed by atoms with Crippen molar-refractivity contribution in [2.45, 2.75) is 0 Å². The third kappa shape index (κ3) is 1.60. The SMILES string of the molecule is N#[N+]c1c(O)cc(Br)c2c(Br)cccc12. The lowest BCUT2D eigenvalue weighted by molar-refractivity contribution is 0.479. The van der Waals surface area contributed by atoms with Crippen LogP contribution in [0.1, 0.15) is 0 Å². The molecule has 0 atom stereocenters. The first-order valence-electron chi connectivity index (χ1n) is 4.10. The number of phenols is 1. The maximum atomic E-state index is 9.58. The van der Waals surface area contributed by atoms with Crippen molar-refractivity contribution in [3.8, 4) is 5.75 Å². The maximum absolute atomic E-state index is 9.58. The molecule has 0 aliphatic heterocycles. The van der Waals surface area contributed by atoms with Gasteiger partial charge in [-0.15, -0.1) is 0 Å². The number of fused-ring (bicyclic) bond motifs is 1. The number of aromatic hydroxyl groups is 1. The van der Waals surface area contributed by atoms with Gasteiger partial charge in [-0.2, -0.15) is 0 Å². The van der Waals surface area contributed by atoms with Gasteiger partial charge in [0, 0.05) is 20.4 Å². The van der Waals surface area contributed by atoms with Gasteiger partial charge in [-0.3, -0.25) is 0 Å². The van der Waals surface area contributed by atoms with Gasteiger partial charge in [0.15, 0.2) is 4.98 Å². The number of nitrogens with zero attached hydrogens (tertiary/aromatic N) is 2. The molecule has 0 bridgehead atoms. The van der Waals surface area contributed by atoms with Crippen LogP contribution in [0.25, 0.3) is 15.7 Å². The lowest BCUT2D eigenvalue weighted by Gasteiger charge is -2.01.